The van der Waals surface area contributed by atoms with Gasteiger partial charge in [-0.2, -0.15) is 0 Å². The molecule has 0 aliphatic heterocycles. The zero-order valence-electron chi connectivity index (χ0n) is 9.27. The van der Waals surface area contributed by atoms with Gasteiger partial charge in [-0.25, -0.2) is 4.98 Å². The molecule has 0 unspecified atom stereocenters. The number of aryl methyl sites for hydroxylation is 1. The van der Waals surface area contributed by atoms with Crippen LogP contribution in [0.5, 0.6) is 0 Å². The Morgan fingerprint density at radius 2 is 2.29 bits per heavy atom. The van der Waals surface area contributed by atoms with Crippen molar-refractivity contribution in [3.05, 3.63) is 46.7 Å². The minimum absolute atomic E-state index is 0.193. The summed E-state index contributed by atoms with van der Waals surface area (Å²) in [6.07, 6.45) is 8.31. The summed E-state index contributed by atoms with van der Waals surface area (Å²) in [5.41, 5.74) is 1.73. The van der Waals surface area contributed by atoms with Crippen LogP contribution in [0.4, 0.5) is 0 Å². The van der Waals surface area contributed by atoms with E-state index in [2.05, 4.69) is 15.0 Å². The van der Waals surface area contributed by atoms with Gasteiger partial charge in [-0.15, -0.1) is 11.6 Å². The summed E-state index contributed by atoms with van der Waals surface area (Å²) in [4.78, 5) is 21.6. The molecular formula is C11H13ClN4O. The average molecular weight is 253 g/mol. The van der Waals surface area contributed by atoms with Crippen LogP contribution in [0.15, 0.2) is 29.7 Å². The van der Waals surface area contributed by atoms with Crippen LogP contribution in [0.3, 0.4) is 0 Å². The molecule has 17 heavy (non-hydrogen) atoms. The van der Waals surface area contributed by atoms with Gasteiger partial charge in [-0.1, -0.05) is 0 Å². The quantitative estimate of drug-likeness (QED) is 0.813. The molecule has 0 spiro atoms. The second-order valence-corrected chi connectivity index (χ2v) is 4.09. The summed E-state index contributed by atoms with van der Waals surface area (Å²) in [6.45, 7) is 0.606. The van der Waals surface area contributed by atoms with Crippen LogP contribution in [0.1, 0.15) is 17.8 Å². The lowest BCUT2D eigenvalue weighted by Crippen LogP contribution is -2.10. The monoisotopic (exact) mass is 252 g/mol. The largest absolute Gasteiger partial charge is 0.329 e. The first-order valence-corrected chi connectivity index (χ1v) is 5.91. The molecule has 0 aliphatic rings. The van der Waals surface area contributed by atoms with E-state index in [9.17, 15) is 4.79 Å². The lowest BCUT2D eigenvalue weighted by Gasteiger charge is -2.06. The Kier molecular flexibility index (Phi) is 3.93. The first-order chi connectivity index (χ1) is 8.29. The molecule has 0 aliphatic carbocycles. The number of H-pyrrole nitrogens is 1. The van der Waals surface area contributed by atoms with Crippen LogP contribution in [0, 0.1) is 0 Å². The second kappa shape index (κ2) is 5.63. The fourth-order valence-corrected chi connectivity index (χ4v) is 1.71. The molecule has 1 N–H and O–H groups in total. The molecule has 5 nitrogen and oxygen atoms in total. The summed E-state index contributed by atoms with van der Waals surface area (Å²) in [6, 6.07) is 0. The maximum Gasteiger partial charge on any atom is 0.266 e. The highest BCUT2D eigenvalue weighted by atomic mass is 35.5. The Morgan fingerprint density at radius 1 is 1.41 bits per heavy atom. The number of alkyl halides is 1. The maximum absolute atomic E-state index is 10.9. The molecule has 0 amide bonds. The molecule has 0 saturated heterocycles. The van der Waals surface area contributed by atoms with E-state index in [-0.39, 0.29) is 5.56 Å². The van der Waals surface area contributed by atoms with Crippen molar-refractivity contribution >= 4 is 11.6 Å². The third-order valence-corrected chi connectivity index (χ3v) is 2.69. The maximum atomic E-state index is 10.9. The molecule has 2 aromatic rings. The van der Waals surface area contributed by atoms with Gasteiger partial charge in [-0.05, 0) is 12.8 Å². The van der Waals surface area contributed by atoms with Gasteiger partial charge in [-0.3, -0.25) is 9.78 Å². The van der Waals surface area contributed by atoms with Crippen LogP contribution in [0.25, 0.3) is 0 Å². The highest BCUT2D eigenvalue weighted by molar-refractivity contribution is 6.17. The van der Waals surface area contributed by atoms with Crippen molar-refractivity contribution in [2.24, 2.45) is 0 Å². The highest BCUT2D eigenvalue weighted by Gasteiger charge is 2.03. The van der Waals surface area contributed by atoms with Crippen molar-refractivity contribution in [2.75, 3.05) is 5.88 Å². The van der Waals surface area contributed by atoms with Gasteiger partial charge < -0.3 is 9.55 Å². The van der Waals surface area contributed by atoms with Gasteiger partial charge in [0, 0.05) is 24.0 Å². The van der Waals surface area contributed by atoms with E-state index in [1.165, 1.54) is 6.20 Å². The van der Waals surface area contributed by atoms with Gasteiger partial charge >= 0.3 is 0 Å². The van der Waals surface area contributed by atoms with Crippen LogP contribution in [-0.4, -0.2) is 25.4 Å². The SMILES string of the molecule is O=c1cnc(Cn2cncc2CCCCl)c[nH]1. The van der Waals surface area contributed by atoms with Crippen LogP contribution in [0.2, 0.25) is 0 Å². The molecule has 2 aromatic heterocycles. The lowest BCUT2D eigenvalue weighted by atomic mass is 10.2. The Morgan fingerprint density at radius 3 is 3.00 bits per heavy atom. The molecule has 90 valence electrons. The standard InChI is InChI=1S/C11H13ClN4O/c12-3-1-2-10-5-13-8-16(10)7-9-4-15-11(17)6-14-9/h4-6,8H,1-3,7H2,(H,15,17). The zero-order valence-corrected chi connectivity index (χ0v) is 10.0. The number of hydrogen-bond acceptors (Lipinski definition) is 3. The van der Waals surface area contributed by atoms with Gasteiger partial charge in [0.2, 0.25) is 0 Å². The van der Waals surface area contributed by atoms with Crippen molar-refractivity contribution < 1.29 is 0 Å². The summed E-state index contributed by atoms with van der Waals surface area (Å²) in [5.74, 6) is 0.641. The average Bonchev–Trinajstić information content (AvgIpc) is 2.77. The normalized spacial score (nSPS) is 10.6. The van der Waals surface area contributed by atoms with Crippen molar-refractivity contribution in [1.29, 1.82) is 0 Å². The van der Waals surface area contributed by atoms with E-state index >= 15 is 0 Å². The minimum atomic E-state index is -0.193. The van der Waals surface area contributed by atoms with E-state index in [1.807, 2.05) is 10.8 Å². The van der Waals surface area contributed by atoms with E-state index in [4.69, 9.17) is 11.6 Å². The van der Waals surface area contributed by atoms with Gasteiger partial charge in [0.05, 0.1) is 24.8 Å². The second-order valence-electron chi connectivity index (χ2n) is 3.71. The number of rotatable bonds is 5. The first-order valence-electron chi connectivity index (χ1n) is 5.38. The van der Waals surface area contributed by atoms with Crippen molar-refractivity contribution in [1.82, 2.24) is 19.5 Å². The third kappa shape index (κ3) is 3.17. The van der Waals surface area contributed by atoms with Crippen LogP contribution in [-0.2, 0) is 13.0 Å². The Hall–Kier alpha value is -1.62. The molecule has 6 heteroatoms. The van der Waals surface area contributed by atoms with E-state index in [1.54, 1.807) is 12.5 Å². The van der Waals surface area contributed by atoms with Crippen LogP contribution < -0.4 is 5.56 Å². The molecule has 2 rings (SSSR count). The highest BCUT2D eigenvalue weighted by Crippen LogP contribution is 2.06. The molecule has 0 atom stereocenters. The summed E-state index contributed by atoms with van der Waals surface area (Å²) in [7, 11) is 0. The Balaban J connectivity index is 2.10. The smallest absolute Gasteiger partial charge is 0.266 e. The van der Waals surface area contributed by atoms with E-state index < -0.39 is 0 Å². The molecule has 0 fully saturated rings. The van der Waals surface area contributed by atoms with Crippen molar-refractivity contribution in [2.45, 2.75) is 19.4 Å². The third-order valence-electron chi connectivity index (χ3n) is 2.43. The number of aromatic nitrogens is 4. The molecule has 0 aromatic carbocycles. The number of aromatic amines is 1. The number of imidazole rings is 1. The molecular weight excluding hydrogens is 240 g/mol. The van der Waals surface area contributed by atoms with E-state index in [0.29, 0.717) is 12.4 Å². The predicted octanol–water partition coefficient (Wildman–Crippen LogP) is 1.19. The van der Waals surface area contributed by atoms with Gasteiger partial charge in [0.1, 0.15) is 0 Å². The van der Waals surface area contributed by atoms with E-state index in [0.717, 1.165) is 24.2 Å². The van der Waals surface area contributed by atoms with Crippen molar-refractivity contribution in [3.63, 3.8) is 0 Å². The Labute approximate surface area is 103 Å². The minimum Gasteiger partial charge on any atom is -0.329 e. The number of nitrogens with zero attached hydrogens (tertiary/aromatic N) is 3. The molecule has 0 bridgehead atoms. The zero-order chi connectivity index (χ0) is 12.1. The fourth-order valence-electron chi connectivity index (χ4n) is 1.58. The molecule has 0 radical (unpaired) electrons. The summed E-state index contributed by atoms with van der Waals surface area (Å²) >= 11 is 5.67. The number of nitrogens with one attached hydrogen (secondary N) is 1. The molecule has 2 heterocycles. The molecule has 0 saturated carbocycles. The lowest BCUT2D eigenvalue weighted by molar-refractivity contribution is 0.706. The predicted molar refractivity (Wildman–Crippen MR) is 65.2 cm³/mol. The number of halogens is 1. The van der Waals surface area contributed by atoms with Crippen molar-refractivity contribution in [3.8, 4) is 0 Å². The summed E-state index contributed by atoms with van der Waals surface area (Å²) < 4.78 is 2.01. The first kappa shape index (κ1) is 11.9. The van der Waals surface area contributed by atoms with Gasteiger partial charge in [0.25, 0.3) is 5.56 Å². The summed E-state index contributed by atoms with van der Waals surface area (Å²) in [5, 5.41) is 0. The fraction of sp³-hybridized carbons (Fsp3) is 0.364. The Bertz CT molecular complexity index is 514. The topological polar surface area (TPSA) is 63.6 Å². The number of hydrogen-bond donors (Lipinski definition) is 1. The van der Waals surface area contributed by atoms with Gasteiger partial charge in [0.15, 0.2) is 0 Å². The van der Waals surface area contributed by atoms with Crippen LogP contribution >= 0.6 is 11.6 Å².